The van der Waals surface area contributed by atoms with Gasteiger partial charge in [0, 0.05) is 23.7 Å². The summed E-state index contributed by atoms with van der Waals surface area (Å²) in [6.07, 6.45) is 6.15. The fourth-order valence-electron chi connectivity index (χ4n) is 4.89. The number of Topliss-reactive ketones (excluding diaryl/α,β-unsaturated/α-hetero) is 1. The van der Waals surface area contributed by atoms with E-state index in [4.69, 9.17) is 4.98 Å². The van der Waals surface area contributed by atoms with E-state index >= 15 is 0 Å². The highest BCUT2D eigenvalue weighted by Gasteiger charge is 2.19. The lowest BCUT2D eigenvalue weighted by atomic mass is 9.95. The summed E-state index contributed by atoms with van der Waals surface area (Å²) >= 11 is 1.26. The zero-order valence-electron chi connectivity index (χ0n) is 21.3. The van der Waals surface area contributed by atoms with Crippen LogP contribution >= 0.6 is 11.8 Å². The summed E-state index contributed by atoms with van der Waals surface area (Å²) in [7, 11) is 0. The van der Waals surface area contributed by atoms with Crippen molar-refractivity contribution in [2.75, 3.05) is 5.75 Å². The summed E-state index contributed by atoms with van der Waals surface area (Å²) < 4.78 is 1.65. The Labute approximate surface area is 226 Å². The first-order valence-electron chi connectivity index (χ1n) is 13.2. The van der Waals surface area contributed by atoms with Crippen molar-refractivity contribution in [3.05, 3.63) is 106 Å². The average Bonchev–Trinajstić information content (AvgIpc) is 2.96. The second-order valence-electron chi connectivity index (χ2n) is 9.70. The van der Waals surface area contributed by atoms with E-state index in [1.807, 2.05) is 48.5 Å². The second kappa shape index (κ2) is 12.2. The number of fused-ring (bicyclic) bond motifs is 1. The van der Waals surface area contributed by atoms with Gasteiger partial charge in [0.1, 0.15) is 0 Å². The molecule has 0 unspecified atom stereocenters. The third-order valence-electron chi connectivity index (χ3n) is 7.02. The third kappa shape index (κ3) is 6.22. The van der Waals surface area contributed by atoms with E-state index in [0.717, 1.165) is 31.2 Å². The maximum atomic E-state index is 13.6. The van der Waals surface area contributed by atoms with Gasteiger partial charge in [0.05, 0.1) is 16.7 Å². The van der Waals surface area contributed by atoms with Crippen molar-refractivity contribution in [2.45, 2.75) is 56.3 Å². The normalized spacial score (nSPS) is 13.9. The monoisotopic (exact) mass is 525 g/mol. The second-order valence-corrected chi connectivity index (χ2v) is 10.6. The molecule has 0 atom stereocenters. The molecule has 0 aliphatic heterocycles. The molecular formula is C31H31N3O3S. The van der Waals surface area contributed by atoms with Crippen LogP contribution in [0.5, 0.6) is 0 Å². The molecule has 1 aliphatic rings. The predicted molar refractivity (Wildman–Crippen MR) is 152 cm³/mol. The van der Waals surface area contributed by atoms with Gasteiger partial charge >= 0.3 is 0 Å². The Morgan fingerprint density at radius 3 is 2.34 bits per heavy atom. The van der Waals surface area contributed by atoms with Gasteiger partial charge in [0.25, 0.3) is 11.5 Å². The smallest absolute Gasteiger partial charge is 0.262 e. The van der Waals surface area contributed by atoms with Gasteiger partial charge in [-0.3, -0.25) is 19.0 Å². The number of rotatable bonds is 9. The number of thioether (sulfide) groups is 1. The van der Waals surface area contributed by atoms with Gasteiger partial charge in [0.2, 0.25) is 0 Å². The van der Waals surface area contributed by atoms with Crippen molar-refractivity contribution in [1.82, 2.24) is 14.9 Å². The molecule has 0 bridgehead atoms. The van der Waals surface area contributed by atoms with Gasteiger partial charge in [-0.1, -0.05) is 91.7 Å². The van der Waals surface area contributed by atoms with E-state index in [-0.39, 0.29) is 29.0 Å². The molecule has 1 amide bonds. The molecule has 1 N–H and O–H groups in total. The van der Waals surface area contributed by atoms with Gasteiger partial charge < -0.3 is 5.32 Å². The van der Waals surface area contributed by atoms with Crippen LogP contribution in [0.2, 0.25) is 0 Å². The van der Waals surface area contributed by atoms with Crippen LogP contribution in [0.25, 0.3) is 10.9 Å². The van der Waals surface area contributed by atoms with Gasteiger partial charge in [-0.25, -0.2) is 4.98 Å². The molecule has 1 heterocycles. The maximum Gasteiger partial charge on any atom is 0.262 e. The standard InChI is InChI=1S/C31H31N3O3S/c35-28(23-12-6-2-7-13-23)21-38-31-33-27-20-24(29(36)32-25-14-8-3-9-15-25)16-17-26(27)30(37)34(31)19-18-22-10-4-1-5-11-22/h1-2,4-7,10-13,16-17,20,25H,3,8-9,14-15,18-19,21H2,(H,32,36). The Morgan fingerprint density at radius 1 is 0.895 bits per heavy atom. The van der Waals surface area contributed by atoms with E-state index in [2.05, 4.69) is 5.32 Å². The van der Waals surface area contributed by atoms with Crippen molar-refractivity contribution < 1.29 is 9.59 Å². The fourth-order valence-corrected chi connectivity index (χ4v) is 5.81. The van der Waals surface area contributed by atoms with E-state index in [0.29, 0.717) is 40.2 Å². The maximum absolute atomic E-state index is 13.6. The Hall–Kier alpha value is -3.71. The van der Waals surface area contributed by atoms with Crippen LogP contribution in [0.4, 0.5) is 0 Å². The minimum atomic E-state index is -0.167. The quantitative estimate of drug-likeness (QED) is 0.173. The number of nitrogens with zero attached hydrogens (tertiary/aromatic N) is 2. The zero-order valence-corrected chi connectivity index (χ0v) is 22.1. The third-order valence-corrected chi connectivity index (χ3v) is 7.99. The molecule has 0 radical (unpaired) electrons. The highest BCUT2D eigenvalue weighted by atomic mass is 32.2. The summed E-state index contributed by atoms with van der Waals surface area (Å²) in [5, 5.41) is 4.08. The van der Waals surface area contributed by atoms with Crippen LogP contribution in [0, 0.1) is 0 Å². The van der Waals surface area contributed by atoms with Crippen LogP contribution < -0.4 is 10.9 Å². The molecule has 4 aromatic rings. The van der Waals surface area contributed by atoms with Crippen molar-refractivity contribution in [2.24, 2.45) is 0 Å². The number of benzene rings is 3. The Kier molecular flexibility index (Phi) is 8.34. The molecule has 3 aromatic carbocycles. The molecule has 5 rings (SSSR count). The van der Waals surface area contributed by atoms with Crippen LogP contribution in [-0.4, -0.2) is 33.0 Å². The number of aryl methyl sites for hydroxylation is 1. The molecule has 1 saturated carbocycles. The summed E-state index contributed by atoms with van der Waals surface area (Å²) in [4.78, 5) is 44.2. The van der Waals surface area contributed by atoms with E-state index in [1.54, 1.807) is 34.9 Å². The number of hydrogen-bond acceptors (Lipinski definition) is 5. The number of ketones is 1. The van der Waals surface area contributed by atoms with E-state index < -0.39 is 0 Å². The highest BCUT2D eigenvalue weighted by molar-refractivity contribution is 7.99. The fraction of sp³-hybridized carbons (Fsp3) is 0.290. The predicted octanol–water partition coefficient (Wildman–Crippen LogP) is 5.68. The number of nitrogens with one attached hydrogen (secondary N) is 1. The SMILES string of the molecule is O=C(CSc1nc2cc(C(=O)NC3CCCCC3)ccc2c(=O)n1CCc1ccccc1)c1ccccc1. The number of carbonyl (C=O) groups is 2. The summed E-state index contributed by atoms with van der Waals surface area (Å²) in [5.74, 6) is -0.00251. The largest absolute Gasteiger partial charge is 0.349 e. The molecule has 0 saturated heterocycles. The molecule has 1 aliphatic carbocycles. The molecular weight excluding hydrogens is 494 g/mol. The van der Waals surface area contributed by atoms with Crippen LogP contribution in [0.3, 0.4) is 0 Å². The van der Waals surface area contributed by atoms with Crippen molar-refractivity contribution in [3.63, 3.8) is 0 Å². The first-order chi connectivity index (χ1) is 18.6. The van der Waals surface area contributed by atoms with Crippen LogP contribution in [0.15, 0.2) is 88.8 Å². The van der Waals surface area contributed by atoms with Crippen LogP contribution in [0.1, 0.15) is 58.4 Å². The Bertz CT molecular complexity index is 1480. The number of amides is 1. The van der Waals surface area contributed by atoms with Gasteiger partial charge in [-0.15, -0.1) is 0 Å². The number of carbonyl (C=O) groups excluding carboxylic acids is 2. The first kappa shape index (κ1) is 25.9. The number of hydrogen-bond donors (Lipinski definition) is 1. The molecule has 1 aromatic heterocycles. The first-order valence-corrected chi connectivity index (χ1v) is 14.2. The summed E-state index contributed by atoms with van der Waals surface area (Å²) in [5.41, 5.74) is 2.54. The zero-order chi connectivity index (χ0) is 26.3. The topological polar surface area (TPSA) is 81.1 Å². The van der Waals surface area contributed by atoms with E-state index in [9.17, 15) is 14.4 Å². The Balaban J connectivity index is 1.44. The molecule has 1 fully saturated rings. The summed E-state index contributed by atoms with van der Waals surface area (Å²) in [6, 6.07) is 24.4. The number of aromatic nitrogens is 2. The lowest BCUT2D eigenvalue weighted by Gasteiger charge is -2.22. The van der Waals surface area contributed by atoms with Gasteiger partial charge in [-0.2, -0.15) is 0 Å². The van der Waals surface area contributed by atoms with Crippen molar-refractivity contribution in [1.29, 1.82) is 0 Å². The molecule has 38 heavy (non-hydrogen) atoms. The lowest BCUT2D eigenvalue weighted by molar-refractivity contribution is 0.0927. The average molecular weight is 526 g/mol. The van der Waals surface area contributed by atoms with Crippen molar-refractivity contribution in [3.8, 4) is 0 Å². The lowest BCUT2D eigenvalue weighted by Crippen LogP contribution is -2.36. The molecule has 6 nitrogen and oxygen atoms in total. The van der Waals surface area contributed by atoms with Gasteiger partial charge in [0.15, 0.2) is 10.9 Å². The minimum absolute atomic E-state index is 0.0276. The minimum Gasteiger partial charge on any atom is -0.349 e. The Morgan fingerprint density at radius 2 is 1.61 bits per heavy atom. The van der Waals surface area contributed by atoms with Crippen LogP contribution in [-0.2, 0) is 13.0 Å². The molecule has 0 spiro atoms. The highest BCUT2D eigenvalue weighted by Crippen LogP contribution is 2.22. The van der Waals surface area contributed by atoms with Crippen molar-refractivity contribution >= 4 is 34.4 Å². The summed E-state index contributed by atoms with van der Waals surface area (Å²) in [6.45, 7) is 0.442. The van der Waals surface area contributed by atoms with E-state index in [1.165, 1.54) is 18.2 Å². The molecule has 194 valence electrons. The molecule has 7 heteroatoms. The van der Waals surface area contributed by atoms with Gasteiger partial charge in [-0.05, 0) is 43.0 Å².